The third kappa shape index (κ3) is 11.9. The van der Waals surface area contributed by atoms with Crippen LogP contribution in [0.5, 0.6) is 11.5 Å². The number of amides is 4. The molecule has 12 nitrogen and oxygen atoms in total. The predicted octanol–water partition coefficient (Wildman–Crippen LogP) is 2.19. The van der Waals surface area contributed by atoms with Crippen LogP contribution >= 0.6 is 0 Å². The van der Waals surface area contributed by atoms with E-state index in [1.54, 1.807) is 45.9 Å². The Morgan fingerprint density at radius 2 is 1.53 bits per heavy atom. The van der Waals surface area contributed by atoms with Gasteiger partial charge in [0.25, 0.3) is 0 Å². The highest BCUT2D eigenvalue weighted by molar-refractivity contribution is 5.95. The molecule has 0 bridgehead atoms. The van der Waals surface area contributed by atoms with E-state index in [4.69, 9.17) is 19.0 Å². The summed E-state index contributed by atoms with van der Waals surface area (Å²) in [7, 11) is 4.41. The third-order valence-electron chi connectivity index (χ3n) is 6.35. The number of carbonyl (C=O) groups excluding carboxylic acids is 4. The largest absolute Gasteiger partial charge is 0.493 e. The Hall–Kier alpha value is -4.16. The van der Waals surface area contributed by atoms with Crippen LogP contribution in [-0.4, -0.2) is 68.7 Å². The highest BCUT2D eigenvalue weighted by Crippen LogP contribution is 2.30. The summed E-state index contributed by atoms with van der Waals surface area (Å²) in [6, 6.07) is 12.2. The summed E-state index contributed by atoms with van der Waals surface area (Å²) in [5, 5.41) is 8.06. The van der Waals surface area contributed by atoms with Gasteiger partial charge in [0.05, 0.1) is 32.3 Å². The number of carbonyl (C=O) groups is 4. The monoisotopic (exact) mass is 600 g/mol. The van der Waals surface area contributed by atoms with Crippen LogP contribution in [0.3, 0.4) is 0 Å². The molecule has 0 saturated carbocycles. The molecule has 0 aliphatic rings. The first-order valence-electron chi connectivity index (χ1n) is 14.0. The minimum Gasteiger partial charge on any atom is -0.493 e. The average molecular weight is 601 g/mol. The molecule has 2 aromatic rings. The molecule has 0 aromatic heterocycles. The zero-order valence-electron chi connectivity index (χ0n) is 25.9. The van der Waals surface area contributed by atoms with E-state index in [-0.39, 0.29) is 13.0 Å². The van der Waals surface area contributed by atoms with Crippen molar-refractivity contribution in [2.45, 2.75) is 77.3 Å². The highest BCUT2D eigenvalue weighted by atomic mass is 16.7. The number of nitrogens with one attached hydrogen (secondary N) is 4. The second-order valence-electron chi connectivity index (χ2n) is 10.8. The second-order valence-corrected chi connectivity index (χ2v) is 10.8. The number of aryl methyl sites for hydroxylation is 1. The summed E-state index contributed by atoms with van der Waals surface area (Å²) in [6.45, 7) is 6.94. The zero-order chi connectivity index (χ0) is 32.0. The van der Waals surface area contributed by atoms with Crippen molar-refractivity contribution in [1.29, 1.82) is 0 Å². The van der Waals surface area contributed by atoms with E-state index < -0.39 is 53.8 Å². The molecule has 12 heteroatoms. The lowest BCUT2D eigenvalue weighted by molar-refractivity contribution is -0.147. The Labute approximate surface area is 253 Å². The number of hydrogen-bond donors (Lipinski definition) is 4. The molecule has 236 valence electrons. The van der Waals surface area contributed by atoms with Gasteiger partial charge in [-0.05, 0) is 45.7 Å². The van der Waals surface area contributed by atoms with Crippen LogP contribution in [0, 0.1) is 0 Å². The molecule has 0 fully saturated rings. The topological polar surface area (TPSA) is 153 Å². The van der Waals surface area contributed by atoms with Crippen LogP contribution in [0.15, 0.2) is 48.5 Å². The molecule has 0 radical (unpaired) electrons. The standard InChI is InChI=1S/C31H44N4O8/c1-20(40-5)27(30(39)32-19-22-14-11-15-24(41-6)28(22)42-7)34-29(38)23(18-26(37)35-43-31(2,3)4)33-25(36)17-16-21-12-9-8-10-13-21/h8-15,20,23,27H,16-19H2,1-7H3,(H,32,39)(H,33,36)(H,34,38)(H,35,37). The van der Waals surface area contributed by atoms with Crippen molar-refractivity contribution in [2.24, 2.45) is 0 Å². The number of hydroxylamine groups is 1. The lowest BCUT2D eigenvalue weighted by Gasteiger charge is -2.26. The lowest BCUT2D eigenvalue weighted by atomic mass is 10.1. The Kier molecular flexibility index (Phi) is 13.9. The summed E-state index contributed by atoms with van der Waals surface area (Å²) in [5.41, 5.74) is 3.25. The summed E-state index contributed by atoms with van der Waals surface area (Å²) in [4.78, 5) is 57.5. The van der Waals surface area contributed by atoms with Gasteiger partial charge in [-0.15, -0.1) is 0 Å². The molecular weight excluding hydrogens is 556 g/mol. The molecule has 0 aliphatic heterocycles. The fraction of sp³-hybridized carbons (Fsp3) is 0.484. The lowest BCUT2D eigenvalue weighted by Crippen LogP contribution is -2.58. The van der Waals surface area contributed by atoms with Crippen LogP contribution in [0.1, 0.15) is 51.7 Å². The van der Waals surface area contributed by atoms with E-state index in [9.17, 15) is 19.2 Å². The van der Waals surface area contributed by atoms with E-state index >= 15 is 0 Å². The fourth-order valence-corrected chi connectivity index (χ4v) is 3.99. The molecule has 4 amide bonds. The first-order chi connectivity index (χ1) is 20.4. The highest BCUT2D eigenvalue weighted by Gasteiger charge is 2.32. The Morgan fingerprint density at radius 1 is 0.837 bits per heavy atom. The molecule has 0 heterocycles. The predicted molar refractivity (Wildman–Crippen MR) is 160 cm³/mol. The molecule has 0 saturated heterocycles. The summed E-state index contributed by atoms with van der Waals surface area (Å²) in [6.07, 6.45) is -0.631. The van der Waals surface area contributed by atoms with Gasteiger partial charge in [-0.25, -0.2) is 5.48 Å². The Bertz CT molecular complexity index is 1220. The normalized spacial score (nSPS) is 13.2. The molecule has 3 atom stereocenters. The third-order valence-corrected chi connectivity index (χ3v) is 6.35. The number of methoxy groups -OCH3 is 3. The van der Waals surface area contributed by atoms with Crippen molar-refractivity contribution in [3.8, 4) is 11.5 Å². The minimum atomic E-state index is -1.29. The van der Waals surface area contributed by atoms with Crippen molar-refractivity contribution in [3.05, 3.63) is 59.7 Å². The van der Waals surface area contributed by atoms with Crippen LogP contribution in [0.25, 0.3) is 0 Å². The fourth-order valence-electron chi connectivity index (χ4n) is 3.99. The molecular formula is C31H44N4O8. The SMILES string of the molecule is COc1cccc(CNC(=O)C(NC(=O)C(CC(=O)NOC(C)(C)C)NC(=O)CCc2ccccc2)C(C)OC)c1OC. The maximum absolute atomic E-state index is 13.5. The van der Waals surface area contributed by atoms with Crippen LogP contribution in [0.2, 0.25) is 0 Å². The van der Waals surface area contributed by atoms with Crippen molar-refractivity contribution in [1.82, 2.24) is 21.4 Å². The van der Waals surface area contributed by atoms with E-state index in [2.05, 4.69) is 21.4 Å². The molecule has 43 heavy (non-hydrogen) atoms. The van der Waals surface area contributed by atoms with Gasteiger partial charge < -0.3 is 30.2 Å². The van der Waals surface area contributed by atoms with E-state index in [1.165, 1.54) is 21.3 Å². The maximum Gasteiger partial charge on any atom is 0.246 e. The van der Waals surface area contributed by atoms with E-state index in [0.29, 0.717) is 23.5 Å². The van der Waals surface area contributed by atoms with Gasteiger partial charge in [-0.3, -0.25) is 24.0 Å². The van der Waals surface area contributed by atoms with Crippen LogP contribution in [-0.2, 0) is 41.7 Å². The van der Waals surface area contributed by atoms with Gasteiger partial charge in [0.15, 0.2) is 11.5 Å². The first-order valence-corrected chi connectivity index (χ1v) is 14.0. The molecule has 0 aliphatic carbocycles. The van der Waals surface area contributed by atoms with Gasteiger partial charge in [-0.1, -0.05) is 42.5 Å². The smallest absolute Gasteiger partial charge is 0.246 e. The Balaban J connectivity index is 2.17. The minimum absolute atomic E-state index is 0.0776. The number of para-hydroxylation sites is 1. The molecule has 2 aromatic carbocycles. The Morgan fingerprint density at radius 3 is 2.14 bits per heavy atom. The molecule has 2 rings (SSSR count). The van der Waals surface area contributed by atoms with E-state index in [0.717, 1.165) is 5.56 Å². The molecule has 4 N–H and O–H groups in total. The second kappa shape index (κ2) is 17.1. The number of benzene rings is 2. The van der Waals surface area contributed by atoms with Gasteiger partial charge >= 0.3 is 0 Å². The van der Waals surface area contributed by atoms with Gasteiger partial charge in [0.2, 0.25) is 23.6 Å². The van der Waals surface area contributed by atoms with Crippen molar-refractivity contribution < 1.29 is 38.2 Å². The van der Waals surface area contributed by atoms with Gasteiger partial charge in [-0.2, -0.15) is 0 Å². The van der Waals surface area contributed by atoms with Crippen molar-refractivity contribution >= 4 is 23.6 Å². The van der Waals surface area contributed by atoms with Crippen molar-refractivity contribution in [2.75, 3.05) is 21.3 Å². The van der Waals surface area contributed by atoms with Gasteiger partial charge in [0, 0.05) is 25.6 Å². The summed E-state index contributed by atoms with van der Waals surface area (Å²) >= 11 is 0. The molecule has 0 spiro atoms. The van der Waals surface area contributed by atoms with Crippen LogP contribution in [0.4, 0.5) is 0 Å². The number of hydrogen-bond acceptors (Lipinski definition) is 8. The quantitative estimate of drug-likeness (QED) is 0.214. The number of ether oxygens (including phenoxy) is 3. The molecule has 3 unspecified atom stereocenters. The summed E-state index contributed by atoms with van der Waals surface area (Å²) < 4.78 is 16.1. The summed E-state index contributed by atoms with van der Waals surface area (Å²) in [5.74, 6) is -1.36. The van der Waals surface area contributed by atoms with E-state index in [1.807, 2.05) is 30.3 Å². The van der Waals surface area contributed by atoms with Crippen molar-refractivity contribution in [3.63, 3.8) is 0 Å². The zero-order valence-corrected chi connectivity index (χ0v) is 25.9. The average Bonchev–Trinajstić information content (AvgIpc) is 2.99. The van der Waals surface area contributed by atoms with Crippen LogP contribution < -0.4 is 30.9 Å². The van der Waals surface area contributed by atoms with Gasteiger partial charge in [0.1, 0.15) is 12.1 Å². The first kappa shape index (κ1) is 35.0. The number of rotatable bonds is 16. The maximum atomic E-state index is 13.5.